The van der Waals surface area contributed by atoms with E-state index in [0.717, 1.165) is 27.3 Å². The highest BCUT2D eigenvalue weighted by Gasteiger charge is 2.57. The number of ether oxygens (including phenoxy) is 1. The minimum atomic E-state index is -0.920. The minimum absolute atomic E-state index is 0.282. The molecule has 0 saturated carbocycles. The van der Waals surface area contributed by atoms with Crippen LogP contribution in [0.1, 0.15) is 43.4 Å². The molecule has 2 heterocycles. The van der Waals surface area contributed by atoms with Gasteiger partial charge in [-0.1, -0.05) is 30.3 Å². The number of aryl methyl sites for hydroxylation is 2. The molecule has 1 fully saturated rings. The van der Waals surface area contributed by atoms with E-state index in [9.17, 15) is 14.4 Å². The fraction of sp³-hybridized carbons (Fsp3) is 0.192. The van der Waals surface area contributed by atoms with Crippen molar-refractivity contribution < 1.29 is 19.1 Å². The summed E-state index contributed by atoms with van der Waals surface area (Å²) in [7, 11) is 1.58. The Morgan fingerprint density at radius 2 is 1.41 bits per heavy atom. The zero-order valence-corrected chi connectivity index (χ0v) is 18.0. The zero-order valence-electron chi connectivity index (χ0n) is 18.0. The van der Waals surface area contributed by atoms with Crippen LogP contribution in [0.15, 0.2) is 66.7 Å². The van der Waals surface area contributed by atoms with Crippen LogP contribution in [-0.2, 0) is 4.79 Å². The van der Waals surface area contributed by atoms with Crippen LogP contribution in [0.25, 0.3) is 0 Å². The monoisotopic (exact) mass is 426 g/mol. The Balaban J connectivity index is 1.61. The van der Waals surface area contributed by atoms with Crippen molar-refractivity contribution in [3.05, 3.63) is 94.5 Å². The first-order valence-corrected chi connectivity index (χ1v) is 10.4. The van der Waals surface area contributed by atoms with Crippen LogP contribution in [0.3, 0.4) is 0 Å². The maximum atomic E-state index is 13.5. The van der Waals surface area contributed by atoms with Crippen molar-refractivity contribution >= 4 is 23.4 Å². The largest absolute Gasteiger partial charge is 0.497 e. The molecule has 5 rings (SSSR count). The lowest BCUT2D eigenvalue weighted by Crippen LogP contribution is -2.67. The average molecular weight is 426 g/mol. The van der Waals surface area contributed by atoms with Gasteiger partial charge in [0.15, 0.2) is 0 Å². The van der Waals surface area contributed by atoms with E-state index in [4.69, 9.17) is 4.74 Å². The van der Waals surface area contributed by atoms with E-state index >= 15 is 0 Å². The summed E-state index contributed by atoms with van der Waals surface area (Å²) in [6.45, 7) is 4.00. The number of imide groups is 1. The Hall–Kier alpha value is -3.93. The van der Waals surface area contributed by atoms with Gasteiger partial charge in [0.1, 0.15) is 11.8 Å². The SMILES string of the molecule is COc1cccc([C@@H]2[C@@H](N3C(=O)c4ccccc4C3=O)C(=O)N2c2ccc(C)c(C)c2)c1. The number of rotatable bonds is 4. The van der Waals surface area contributed by atoms with Gasteiger partial charge >= 0.3 is 0 Å². The number of nitrogens with zero attached hydrogens (tertiary/aromatic N) is 2. The predicted molar refractivity (Wildman–Crippen MR) is 120 cm³/mol. The molecule has 0 radical (unpaired) electrons. The van der Waals surface area contributed by atoms with Gasteiger partial charge in [0.2, 0.25) is 0 Å². The number of β-lactam (4-membered cyclic amide) rings is 1. The number of methoxy groups -OCH3 is 1. The lowest BCUT2D eigenvalue weighted by Gasteiger charge is -2.50. The van der Waals surface area contributed by atoms with Crippen LogP contribution in [0, 0.1) is 13.8 Å². The van der Waals surface area contributed by atoms with E-state index in [1.54, 1.807) is 36.3 Å². The van der Waals surface area contributed by atoms with Crippen molar-refractivity contribution in [2.75, 3.05) is 12.0 Å². The fourth-order valence-electron chi connectivity index (χ4n) is 4.51. The Labute approximate surface area is 186 Å². The van der Waals surface area contributed by atoms with Crippen molar-refractivity contribution in [3.63, 3.8) is 0 Å². The van der Waals surface area contributed by atoms with Crippen molar-refractivity contribution in [2.24, 2.45) is 0 Å². The fourth-order valence-corrected chi connectivity index (χ4v) is 4.51. The number of benzene rings is 3. The van der Waals surface area contributed by atoms with Crippen LogP contribution in [0.4, 0.5) is 5.69 Å². The number of carbonyl (C=O) groups is 3. The molecule has 0 aliphatic carbocycles. The molecule has 2 aliphatic heterocycles. The first-order valence-electron chi connectivity index (χ1n) is 10.4. The molecule has 6 nitrogen and oxygen atoms in total. The normalized spacial score (nSPS) is 19.8. The highest BCUT2D eigenvalue weighted by Crippen LogP contribution is 2.45. The van der Waals surface area contributed by atoms with Gasteiger partial charge in [0.25, 0.3) is 17.7 Å². The van der Waals surface area contributed by atoms with Gasteiger partial charge in [-0.3, -0.25) is 19.3 Å². The molecule has 2 atom stereocenters. The second-order valence-electron chi connectivity index (χ2n) is 8.17. The van der Waals surface area contributed by atoms with Gasteiger partial charge in [-0.05, 0) is 66.9 Å². The van der Waals surface area contributed by atoms with Crippen molar-refractivity contribution in [1.82, 2.24) is 4.90 Å². The van der Waals surface area contributed by atoms with Gasteiger partial charge in [0.05, 0.1) is 24.3 Å². The molecule has 0 N–H and O–H groups in total. The predicted octanol–water partition coefficient (Wildman–Crippen LogP) is 4.06. The summed E-state index contributed by atoms with van der Waals surface area (Å²) >= 11 is 0. The topological polar surface area (TPSA) is 66.9 Å². The summed E-state index contributed by atoms with van der Waals surface area (Å²) in [5, 5.41) is 0. The van der Waals surface area contributed by atoms with E-state index in [0.29, 0.717) is 16.9 Å². The lowest BCUT2D eigenvalue weighted by atomic mass is 9.86. The summed E-state index contributed by atoms with van der Waals surface area (Å²) < 4.78 is 5.38. The minimum Gasteiger partial charge on any atom is -0.497 e. The van der Waals surface area contributed by atoms with E-state index in [2.05, 4.69) is 0 Å². The zero-order chi connectivity index (χ0) is 22.6. The van der Waals surface area contributed by atoms with Crippen LogP contribution in [0.5, 0.6) is 5.75 Å². The van der Waals surface area contributed by atoms with Crippen LogP contribution < -0.4 is 9.64 Å². The molecule has 0 spiro atoms. The molecule has 0 aromatic heterocycles. The molecule has 2 aliphatic rings. The first-order chi connectivity index (χ1) is 15.4. The van der Waals surface area contributed by atoms with Crippen molar-refractivity contribution in [3.8, 4) is 5.75 Å². The van der Waals surface area contributed by atoms with Gasteiger partial charge in [-0.2, -0.15) is 0 Å². The molecular weight excluding hydrogens is 404 g/mol. The molecule has 3 aromatic carbocycles. The third-order valence-corrected chi connectivity index (χ3v) is 6.38. The third-order valence-electron chi connectivity index (χ3n) is 6.38. The van der Waals surface area contributed by atoms with Crippen molar-refractivity contribution in [2.45, 2.75) is 25.9 Å². The van der Waals surface area contributed by atoms with E-state index < -0.39 is 23.9 Å². The molecule has 160 valence electrons. The Bertz CT molecular complexity index is 1250. The molecule has 0 unspecified atom stereocenters. The summed E-state index contributed by atoms with van der Waals surface area (Å²) in [4.78, 5) is 42.5. The van der Waals surface area contributed by atoms with Crippen molar-refractivity contribution in [1.29, 1.82) is 0 Å². The molecule has 1 saturated heterocycles. The molecule has 32 heavy (non-hydrogen) atoms. The lowest BCUT2D eigenvalue weighted by molar-refractivity contribution is -0.130. The van der Waals surface area contributed by atoms with Gasteiger partial charge in [0, 0.05) is 5.69 Å². The Morgan fingerprint density at radius 3 is 2.03 bits per heavy atom. The number of hydrogen-bond acceptors (Lipinski definition) is 4. The van der Waals surface area contributed by atoms with E-state index in [-0.39, 0.29) is 5.91 Å². The third kappa shape index (κ3) is 2.83. The molecule has 6 heteroatoms. The first kappa shape index (κ1) is 20.0. The molecule has 3 amide bonds. The maximum Gasteiger partial charge on any atom is 0.262 e. The van der Waals surface area contributed by atoms with Crippen LogP contribution in [0.2, 0.25) is 0 Å². The summed E-state index contributed by atoms with van der Waals surface area (Å²) in [5.41, 5.74) is 4.38. The van der Waals surface area contributed by atoms with Gasteiger partial charge in [-0.15, -0.1) is 0 Å². The van der Waals surface area contributed by atoms with E-state index in [1.807, 2.05) is 56.3 Å². The van der Waals surface area contributed by atoms with E-state index in [1.165, 1.54) is 0 Å². The second kappa shape index (κ2) is 7.34. The molecular formula is C26H22N2O4. The Kier molecular flexibility index (Phi) is 4.59. The smallest absolute Gasteiger partial charge is 0.262 e. The standard InChI is InChI=1S/C26H22N2O4/c1-15-11-12-18(13-16(15)2)27-22(17-7-6-8-19(14-17)32-3)23(26(27)31)28-24(29)20-9-4-5-10-21(20)25(28)30/h4-14,22-23H,1-3H3/t22-,23-/m1/s1. The summed E-state index contributed by atoms with van der Waals surface area (Å²) in [5.74, 6) is -0.508. The highest BCUT2D eigenvalue weighted by atomic mass is 16.5. The maximum absolute atomic E-state index is 13.5. The average Bonchev–Trinajstić information content (AvgIpc) is 3.05. The molecule has 0 bridgehead atoms. The summed E-state index contributed by atoms with van der Waals surface area (Å²) in [6.07, 6.45) is 0. The van der Waals surface area contributed by atoms with Crippen LogP contribution in [-0.4, -0.2) is 35.8 Å². The Morgan fingerprint density at radius 1 is 0.719 bits per heavy atom. The summed E-state index contributed by atoms with van der Waals surface area (Å²) in [6, 6.07) is 18.5. The van der Waals surface area contributed by atoms with Gasteiger partial charge in [-0.25, -0.2) is 0 Å². The number of amides is 3. The quantitative estimate of drug-likeness (QED) is 0.466. The second-order valence-corrected chi connectivity index (χ2v) is 8.17. The number of anilines is 1. The number of fused-ring (bicyclic) bond motifs is 1. The number of hydrogen-bond donors (Lipinski definition) is 0. The number of carbonyl (C=O) groups excluding carboxylic acids is 3. The highest BCUT2D eigenvalue weighted by molar-refractivity contribution is 6.24. The van der Waals surface area contributed by atoms with Crippen LogP contribution >= 0.6 is 0 Å². The van der Waals surface area contributed by atoms with Gasteiger partial charge < -0.3 is 9.64 Å². The molecule has 3 aromatic rings.